The van der Waals surface area contributed by atoms with E-state index in [1.165, 1.54) is 20.3 Å². The minimum Gasteiger partial charge on any atom is -0.493 e. The third kappa shape index (κ3) is 5.44. The van der Waals surface area contributed by atoms with Gasteiger partial charge >= 0.3 is 0 Å². The molecule has 0 radical (unpaired) electrons. The predicted molar refractivity (Wildman–Crippen MR) is 122 cm³/mol. The Morgan fingerprint density at radius 2 is 1.85 bits per heavy atom. The molecule has 0 fully saturated rings. The standard InChI is InChI=1S/C24H21N3O6/c1-31-15-19-18(13-25)24(28)26-20(23(19)27(29)30)10-8-16-9-11-21(22(12-16)32-2)33-14-17-6-4-3-5-7-17/h3-12H,14-15H2,1-2H3,(H,26,28)/b10-8+. The van der Waals surface area contributed by atoms with Crippen molar-refractivity contribution in [1.29, 1.82) is 5.26 Å². The summed E-state index contributed by atoms with van der Waals surface area (Å²) < 4.78 is 16.2. The number of hydrogen-bond acceptors (Lipinski definition) is 7. The lowest BCUT2D eigenvalue weighted by Gasteiger charge is -2.11. The van der Waals surface area contributed by atoms with Gasteiger partial charge in [0.1, 0.15) is 23.9 Å². The molecule has 3 aromatic rings. The minimum absolute atomic E-state index is 0.0422. The molecule has 0 bridgehead atoms. The van der Waals surface area contributed by atoms with Crippen molar-refractivity contribution in [3.63, 3.8) is 0 Å². The lowest BCUT2D eigenvalue weighted by Crippen LogP contribution is -2.18. The van der Waals surface area contributed by atoms with Crippen LogP contribution >= 0.6 is 0 Å². The fourth-order valence-corrected chi connectivity index (χ4v) is 3.22. The van der Waals surface area contributed by atoms with Crippen LogP contribution in [0.25, 0.3) is 12.2 Å². The van der Waals surface area contributed by atoms with E-state index in [2.05, 4.69) is 4.98 Å². The molecule has 0 aliphatic rings. The average molecular weight is 447 g/mol. The molecule has 9 heteroatoms. The molecule has 0 saturated carbocycles. The molecule has 0 spiro atoms. The summed E-state index contributed by atoms with van der Waals surface area (Å²) in [5.41, 5.74) is 0.0904. The van der Waals surface area contributed by atoms with E-state index in [4.69, 9.17) is 14.2 Å². The van der Waals surface area contributed by atoms with Crippen molar-refractivity contribution in [1.82, 2.24) is 4.98 Å². The monoisotopic (exact) mass is 447 g/mol. The van der Waals surface area contributed by atoms with Crippen molar-refractivity contribution in [3.05, 3.63) is 96.9 Å². The summed E-state index contributed by atoms with van der Waals surface area (Å²) >= 11 is 0. The number of rotatable bonds is 9. The van der Waals surface area contributed by atoms with Crippen LogP contribution in [-0.4, -0.2) is 24.1 Å². The molecule has 1 heterocycles. The zero-order chi connectivity index (χ0) is 23.8. The Balaban J connectivity index is 1.92. The van der Waals surface area contributed by atoms with Crippen LogP contribution in [0.4, 0.5) is 5.69 Å². The third-order valence-electron chi connectivity index (χ3n) is 4.77. The van der Waals surface area contributed by atoms with Crippen LogP contribution in [-0.2, 0) is 18.0 Å². The highest BCUT2D eigenvalue weighted by molar-refractivity contribution is 5.75. The quantitative estimate of drug-likeness (QED) is 0.387. The summed E-state index contributed by atoms with van der Waals surface area (Å²) in [6.45, 7) is 0.124. The highest BCUT2D eigenvalue weighted by atomic mass is 16.6. The molecule has 2 aromatic carbocycles. The fraction of sp³-hybridized carbons (Fsp3) is 0.167. The van der Waals surface area contributed by atoms with Gasteiger partial charge in [-0.15, -0.1) is 0 Å². The van der Waals surface area contributed by atoms with E-state index in [0.717, 1.165) is 5.56 Å². The average Bonchev–Trinajstić information content (AvgIpc) is 2.82. The third-order valence-corrected chi connectivity index (χ3v) is 4.77. The predicted octanol–water partition coefficient (Wildman–Crippen LogP) is 4.06. The van der Waals surface area contributed by atoms with Crippen LogP contribution in [0.5, 0.6) is 11.5 Å². The number of H-pyrrole nitrogens is 1. The van der Waals surface area contributed by atoms with Gasteiger partial charge in [0.15, 0.2) is 11.5 Å². The second-order valence-corrected chi connectivity index (χ2v) is 6.89. The van der Waals surface area contributed by atoms with Gasteiger partial charge in [-0.3, -0.25) is 14.9 Å². The molecule has 33 heavy (non-hydrogen) atoms. The van der Waals surface area contributed by atoms with Crippen molar-refractivity contribution >= 4 is 17.8 Å². The van der Waals surface area contributed by atoms with Crippen LogP contribution in [0.15, 0.2) is 53.3 Å². The molecule has 0 saturated heterocycles. The van der Waals surface area contributed by atoms with Gasteiger partial charge in [0.2, 0.25) is 0 Å². The molecule has 3 rings (SSSR count). The number of aromatic nitrogens is 1. The summed E-state index contributed by atoms with van der Waals surface area (Å²) in [4.78, 5) is 25.7. The van der Waals surface area contributed by atoms with E-state index in [9.17, 15) is 20.2 Å². The zero-order valence-electron chi connectivity index (χ0n) is 18.0. The Kier molecular flexibility index (Phi) is 7.57. The molecule has 9 nitrogen and oxygen atoms in total. The molecule has 0 amide bonds. The number of ether oxygens (including phenoxy) is 3. The number of nitriles is 1. The number of methoxy groups -OCH3 is 2. The molecular weight excluding hydrogens is 426 g/mol. The number of nitro groups is 1. The summed E-state index contributed by atoms with van der Waals surface area (Å²) in [6, 6.07) is 16.6. The van der Waals surface area contributed by atoms with Crippen LogP contribution in [0.2, 0.25) is 0 Å². The van der Waals surface area contributed by atoms with Gasteiger partial charge in [0.25, 0.3) is 11.2 Å². The van der Waals surface area contributed by atoms with E-state index in [0.29, 0.717) is 23.7 Å². The Hall–Kier alpha value is -4.42. The highest BCUT2D eigenvalue weighted by Crippen LogP contribution is 2.30. The Labute approximate surface area is 189 Å². The smallest absolute Gasteiger partial charge is 0.299 e. The maximum Gasteiger partial charge on any atom is 0.299 e. The first-order valence-corrected chi connectivity index (χ1v) is 9.84. The zero-order valence-corrected chi connectivity index (χ0v) is 18.0. The molecule has 1 N–H and O–H groups in total. The van der Waals surface area contributed by atoms with Gasteiger partial charge in [-0.1, -0.05) is 42.5 Å². The van der Waals surface area contributed by atoms with Crippen molar-refractivity contribution in [3.8, 4) is 17.6 Å². The number of nitrogens with one attached hydrogen (secondary N) is 1. The first-order chi connectivity index (χ1) is 16.0. The van der Waals surface area contributed by atoms with Crippen LogP contribution in [0, 0.1) is 21.4 Å². The molecule has 0 atom stereocenters. The second kappa shape index (κ2) is 10.7. The molecule has 0 aliphatic carbocycles. The summed E-state index contributed by atoms with van der Waals surface area (Å²) in [5, 5.41) is 20.9. The number of pyridine rings is 1. The van der Waals surface area contributed by atoms with Crippen molar-refractivity contribution in [2.24, 2.45) is 0 Å². The maximum atomic E-state index is 12.3. The maximum absolute atomic E-state index is 12.3. The minimum atomic E-state index is -0.725. The Morgan fingerprint density at radius 1 is 1.09 bits per heavy atom. The van der Waals surface area contributed by atoms with E-state index < -0.39 is 10.5 Å². The Morgan fingerprint density at radius 3 is 2.48 bits per heavy atom. The van der Waals surface area contributed by atoms with E-state index >= 15 is 0 Å². The number of hydrogen-bond donors (Lipinski definition) is 1. The normalized spacial score (nSPS) is 10.7. The Bertz CT molecular complexity index is 1280. The van der Waals surface area contributed by atoms with E-state index in [-0.39, 0.29) is 29.1 Å². The molecule has 0 unspecified atom stereocenters. The summed E-state index contributed by atoms with van der Waals surface area (Å²) in [6.07, 6.45) is 2.99. The van der Waals surface area contributed by atoms with Gasteiger partial charge in [-0.2, -0.15) is 5.26 Å². The molecule has 0 aliphatic heterocycles. The molecule has 1 aromatic heterocycles. The topological polar surface area (TPSA) is 127 Å². The highest BCUT2D eigenvalue weighted by Gasteiger charge is 2.25. The number of nitrogens with zero attached hydrogens (tertiary/aromatic N) is 2. The van der Waals surface area contributed by atoms with Crippen molar-refractivity contribution in [2.45, 2.75) is 13.2 Å². The van der Waals surface area contributed by atoms with Crippen LogP contribution in [0.3, 0.4) is 0 Å². The lowest BCUT2D eigenvalue weighted by molar-refractivity contribution is -0.386. The van der Waals surface area contributed by atoms with Crippen LogP contribution < -0.4 is 15.0 Å². The van der Waals surface area contributed by atoms with Crippen LogP contribution in [0.1, 0.15) is 27.9 Å². The first-order valence-electron chi connectivity index (χ1n) is 9.84. The lowest BCUT2D eigenvalue weighted by atomic mass is 10.1. The first kappa shape index (κ1) is 23.2. The molecular formula is C24H21N3O6. The second-order valence-electron chi connectivity index (χ2n) is 6.89. The van der Waals surface area contributed by atoms with Gasteiger partial charge in [-0.25, -0.2) is 0 Å². The largest absolute Gasteiger partial charge is 0.493 e. The van der Waals surface area contributed by atoms with Crippen molar-refractivity contribution < 1.29 is 19.1 Å². The van der Waals surface area contributed by atoms with Gasteiger partial charge < -0.3 is 19.2 Å². The number of aromatic amines is 1. The van der Waals surface area contributed by atoms with Gasteiger partial charge in [0.05, 0.1) is 24.2 Å². The summed E-state index contributed by atoms with van der Waals surface area (Å²) in [7, 11) is 2.84. The molecule has 168 valence electrons. The van der Waals surface area contributed by atoms with Gasteiger partial charge in [0, 0.05) is 7.11 Å². The van der Waals surface area contributed by atoms with Gasteiger partial charge in [-0.05, 0) is 29.3 Å². The number of benzene rings is 2. The summed E-state index contributed by atoms with van der Waals surface area (Å²) in [5.74, 6) is 1.02. The van der Waals surface area contributed by atoms with E-state index in [1.54, 1.807) is 30.3 Å². The fourth-order valence-electron chi connectivity index (χ4n) is 3.22. The van der Waals surface area contributed by atoms with Crippen molar-refractivity contribution in [2.75, 3.05) is 14.2 Å². The SMILES string of the molecule is COCc1c([N+](=O)[O-])c(/C=C/c2ccc(OCc3ccccc3)c(OC)c2)[nH]c(=O)c1C#N. The van der Waals surface area contributed by atoms with E-state index in [1.807, 2.05) is 30.3 Å².